The first kappa shape index (κ1) is 28.4. The number of anilines is 1. The number of hydrogen-bond donors (Lipinski definition) is 0. The molecule has 0 N–H and O–H groups in total. The van der Waals surface area contributed by atoms with E-state index in [1.54, 1.807) is 7.11 Å². The summed E-state index contributed by atoms with van der Waals surface area (Å²) in [5.41, 5.74) is 7.38. The molecule has 44 heavy (non-hydrogen) atoms. The second-order valence-corrected chi connectivity index (χ2v) is 12.3. The molecular weight excluding hydrogens is 548 g/mol. The Morgan fingerprint density at radius 3 is 2.36 bits per heavy atom. The number of carbonyl (C=O) groups is 2. The molecule has 3 aliphatic rings. The van der Waals surface area contributed by atoms with Gasteiger partial charge in [-0.3, -0.25) is 9.59 Å². The summed E-state index contributed by atoms with van der Waals surface area (Å²) < 4.78 is 7.54. The molecule has 4 heterocycles. The van der Waals surface area contributed by atoms with Crippen molar-refractivity contribution in [1.82, 2.24) is 14.4 Å². The highest BCUT2D eigenvalue weighted by Crippen LogP contribution is 2.33. The molecule has 2 amide bonds. The van der Waals surface area contributed by atoms with Gasteiger partial charge in [0, 0.05) is 36.1 Å². The molecule has 0 bridgehead atoms. The largest absolute Gasteiger partial charge is 0.497 e. The lowest BCUT2D eigenvalue weighted by molar-refractivity contribution is 0.0634. The van der Waals surface area contributed by atoms with Crippen LogP contribution in [0.25, 0.3) is 11.1 Å². The lowest BCUT2D eigenvalue weighted by Gasteiger charge is -2.36. The Labute approximate surface area is 259 Å². The second-order valence-electron chi connectivity index (χ2n) is 12.3. The zero-order valence-corrected chi connectivity index (χ0v) is 25.7. The van der Waals surface area contributed by atoms with Gasteiger partial charge in [-0.1, -0.05) is 36.4 Å². The number of fused-ring (bicyclic) bond motifs is 2. The monoisotopic (exact) mass is 588 g/mol. The van der Waals surface area contributed by atoms with Gasteiger partial charge >= 0.3 is 0 Å². The highest BCUT2D eigenvalue weighted by Gasteiger charge is 2.32. The van der Waals surface area contributed by atoms with Crippen LogP contribution in [0.3, 0.4) is 0 Å². The molecule has 3 aliphatic heterocycles. The lowest BCUT2D eigenvalue weighted by Crippen LogP contribution is -2.46. The van der Waals surface area contributed by atoms with Crippen LogP contribution in [-0.4, -0.2) is 65.5 Å². The zero-order valence-electron chi connectivity index (χ0n) is 25.7. The Kier molecular flexibility index (Phi) is 7.73. The van der Waals surface area contributed by atoms with Gasteiger partial charge in [0.1, 0.15) is 11.4 Å². The SMILES string of the molecule is COc1cccc(-c2ccc(C(=O)N3Cc4ccc(C(=O)N5CCC(N6CCCC6)CC5)n4Cc4ccccc43)cc2C)c1. The Morgan fingerprint density at radius 2 is 1.59 bits per heavy atom. The fourth-order valence-corrected chi connectivity index (χ4v) is 7.30. The van der Waals surface area contributed by atoms with Crippen molar-refractivity contribution in [3.05, 3.63) is 107 Å². The van der Waals surface area contributed by atoms with Crippen molar-refractivity contribution >= 4 is 17.5 Å². The summed E-state index contributed by atoms with van der Waals surface area (Å²) in [5.74, 6) is 0.844. The number of nitrogens with zero attached hydrogens (tertiary/aromatic N) is 4. The third-order valence-electron chi connectivity index (χ3n) is 9.73. The van der Waals surface area contributed by atoms with Crippen LogP contribution in [0, 0.1) is 6.92 Å². The molecule has 1 aromatic heterocycles. The van der Waals surface area contributed by atoms with E-state index in [0.717, 1.165) is 65.3 Å². The number of piperidine rings is 1. The molecule has 3 aromatic carbocycles. The van der Waals surface area contributed by atoms with Gasteiger partial charge in [0.25, 0.3) is 11.8 Å². The number of para-hydroxylation sites is 1. The fourth-order valence-electron chi connectivity index (χ4n) is 7.30. The van der Waals surface area contributed by atoms with E-state index in [1.807, 2.05) is 83.5 Å². The third-order valence-corrected chi connectivity index (χ3v) is 9.73. The van der Waals surface area contributed by atoms with E-state index in [0.29, 0.717) is 30.4 Å². The quantitative estimate of drug-likeness (QED) is 0.272. The van der Waals surface area contributed by atoms with E-state index in [-0.39, 0.29) is 11.8 Å². The average Bonchev–Trinajstić information content (AvgIpc) is 3.71. The van der Waals surface area contributed by atoms with Gasteiger partial charge in [-0.15, -0.1) is 0 Å². The summed E-state index contributed by atoms with van der Waals surface area (Å²) in [6, 6.07) is 26.5. The van der Waals surface area contributed by atoms with Crippen LogP contribution in [0.1, 0.15) is 63.4 Å². The molecule has 2 fully saturated rings. The summed E-state index contributed by atoms with van der Waals surface area (Å²) in [5, 5.41) is 0. The van der Waals surface area contributed by atoms with E-state index < -0.39 is 0 Å². The molecule has 0 saturated carbocycles. The number of carbonyl (C=O) groups excluding carboxylic acids is 2. The summed E-state index contributed by atoms with van der Waals surface area (Å²) >= 11 is 0. The maximum absolute atomic E-state index is 14.2. The molecule has 7 heteroatoms. The Balaban J connectivity index is 1.14. The van der Waals surface area contributed by atoms with Crippen molar-refractivity contribution in [2.75, 3.05) is 38.2 Å². The van der Waals surface area contributed by atoms with E-state index in [2.05, 4.69) is 21.6 Å². The van der Waals surface area contributed by atoms with Crippen LogP contribution in [0.2, 0.25) is 0 Å². The second kappa shape index (κ2) is 12.0. The number of ether oxygens (including phenoxy) is 1. The van der Waals surface area contributed by atoms with Crippen LogP contribution in [0.15, 0.2) is 78.9 Å². The topological polar surface area (TPSA) is 58.0 Å². The van der Waals surface area contributed by atoms with Crippen LogP contribution in [0.4, 0.5) is 5.69 Å². The van der Waals surface area contributed by atoms with Crippen molar-refractivity contribution in [2.45, 2.75) is 51.7 Å². The standard InChI is InChI=1S/C37H40N4O3/c1-26-22-28(12-14-33(26)27-9-7-10-32(23-27)44-2)36(42)41-25-31-13-15-35(40(31)24-29-8-3-4-11-34(29)41)37(43)39-20-16-30(17-21-39)38-18-5-6-19-38/h3-4,7-15,22-23,30H,5-6,16-21,24-25H2,1-2H3. The number of aromatic nitrogens is 1. The molecule has 7 rings (SSSR count). The first-order valence-corrected chi connectivity index (χ1v) is 15.9. The van der Waals surface area contributed by atoms with Crippen LogP contribution in [0.5, 0.6) is 5.75 Å². The van der Waals surface area contributed by atoms with Gasteiger partial charge in [-0.25, -0.2) is 0 Å². The van der Waals surface area contributed by atoms with Crippen LogP contribution in [-0.2, 0) is 13.1 Å². The number of likely N-dealkylation sites (tertiary alicyclic amines) is 2. The van der Waals surface area contributed by atoms with Gasteiger partial charge in [-0.05, 0) is 110 Å². The zero-order chi connectivity index (χ0) is 30.2. The number of aryl methyl sites for hydroxylation is 1. The summed E-state index contributed by atoms with van der Waals surface area (Å²) in [6.45, 7) is 6.99. The number of rotatable bonds is 5. The minimum Gasteiger partial charge on any atom is -0.497 e. The van der Waals surface area contributed by atoms with Crippen molar-refractivity contribution in [2.24, 2.45) is 0 Å². The Hall–Kier alpha value is -4.36. The fraction of sp³-hybridized carbons (Fsp3) is 0.351. The molecular formula is C37H40N4O3. The number of amides is 2. The molecule has 0 aliphatic carbocycles. The number of benzene rings is 3. The lowest BCUT2D eigenvalue weighted by atomic mass is 9.97. The molecule has 0 unspecified atom stereocenters. The van der Waals surface area contributed by atoms with Crippen molar-refractivity contribution in [3.8, 4) is 16.9 Å². The normalized spacial score (nSPS) is 17.2. The van der Waals surface area contributed by atoms with Crippen molar-refractivity contribution < 1.29 is 14.3 Å². The van der Waals surface area contributed by atoms with E-state index >= 15 is 0 Å². The molecule has 0 atom stereocenters. The molecule has 4 aromatic rings. The first-order valence-electron chi connectivity index (χ1n) is 15.9. The van der Waals surface area contributed by atoms with Crippen molar-refractivity contribution in [1.29, 1.82) is 0 Å². The molecule has 0 spiro atoms. The molecule has 7 nitrogen and oxygen atoms in total. The molecule has 0 radical (unpaired) electrons. The first-order chi connectivity index (χ1) is 21.5. The van der Waals surface area contributed by atoms with Gasteiger partial charge in [0.15, 0.2) is 0 Å². The molecule has 2 saturated heterocycles. The Bertz CT molecular complexity index is 1690. The molecule has 226 valence electrons. The minimum absolute atomic E-state index is 0.0516. The Morgan fingerprint density at radius 1 is 0.795 bits per heavy atom. The highest BCUT2D eigenvalue weighted by molar-refractivity contribution is 6.07. The predicted molar refractivity (Wildman–Crippen MR) is 173 cm³/mol. The van der Waals surface area contributed by atoms with Crippen molar-refractivity contribution in [3.63, 3.8) is 0 Å². The van der Waals surface area contributed by atoms with Gasteiger partial charge in [0.2, 0.25) is 0 Å². The number of hydrogen-bond acceptors (Lipinski definition) is 4. The van der Waals surface area contributed by atoms with Gasteiger partial charge < -0.3 is 24.0 Å². The maximum atomic E-state index is 14.2. The minimum atomic E-state index is -0.0516. The maximum Gasteiger partial charge on any atom is 0.270 e. The van der Waals surface area contributed by atoms with Crippen LogP contribution >= 0.6 is 0 Å². The van der Waals surface area contributed by atoms with Gasteiger partial charge in [0.05, 0.1) is 20.2 Å². The predicted octanol–water partition coefficient (Wildman–Crippen LogP) is 6.38. The third kappa shape index (κ3) is 5.30. The highest BCUT2D eigenvalue weighted by atomic mass is 16.5. The summed E-state index contributed by atoms with van der Waals surface area (Å²) in [4.78, 5) is 34.5. The summed E-state index contributed by atoms with van der Waals surface area (Å²) in [6.07, 6.45) is 4.68. The van der Waals surface area contributed by atoms with E-state index in [4.69, 9.17) is 4.74 Å². The van der Waals surface area contributed by atoms with Gasteiger partial charge in [-0.2, -0.15) is 0 Å². The van der Waals surface area contributed by atoms with E-state index in [9.17, 15) is 9.59 Å². The smallest absolute Gasteiger partial charge is 0.270 e. The average molecular weight is 589 g/mol. The summed E-state index contributed by atoms with van der Waals surface area (Å²) in [7, 11) is 1.67. The number of methoxy groups -OCH3 is 1. The van der Waals surface area contributed by atoms with Crippen LogP contribution < -0.4 is 9.64 Å². The van der Waals surface area contributed by atoms with E-state index in [1.165, 1.54) is 25.9 Å².